The lowest BCUT2D eigenvalue weighted by molar-refractivity contribution is 0.573. The molecule has 3 nitrogen and oxygen atoms in total. The van der Waals surface area contributed by atoms with Crippen molar-refractivity contribution in [3.8, 4) is 10.6 Å². The van der Waals surface area contributed by atoms with Crippen LogP contribution in [0.1, 0.15) is 35.0 Å². The molecular formula is C16H19N3S. The van der Waals surface area contributed by atoms with Gasteiger partial charge in [-0.05, 0) is 49.4 Å². The van der Waals surface area contributed by atoms with Crippen molar-refractivity contribution >= 4 is 17.0 Å². The molecule has 0 bridgehead atoms. The Morgan fingerprint density at radius 2 is 2.25 bits per heavy atom. The van der Waals surface area contributed by atoms with Crippen LogP contribution < -0.4 is 10.6 Å². The van der Waals surface area contributed by atoms with Crippen LogP contribution in [0.2, 0.25) is 0 Å². The van der Waals surface area contributed by atoms with Crippen molar-refractivity contribution in [1.82, 2.24) is 4.98 Å². The summed E-state index contributed by atoms with van der Waals surface area (Å²) in [6.45, 7) is 1.12. The number of aryl methyl sites for hydroxylation is 1. The largest absolute Gasteiger partial charge is 0.374 e. The minimum atomic E-state index is 0.200. The minimum absolute atomic E-state index is 0.200. The molecule has 1 atom stereocenters. The van der Waals surface area contributed by atoms with E-state index in [2.05, 4.69) is 30.1 Å². The SMILES string of the molecule is CN1CCc2cc(-c3nc4c(s3)C(N)CCC4)ccc21. The molecule has 1 unspecified atom stereocenters. The number of thiazole rings is 1. The molecule has 1 aliphatic heterocycles. The lowest BCUT2D eigenvalue weighted by atomic mass is 9.99. The van der Waals surface area contributed by atoms with Gasteiger partial charge in [0.1, 0.15) is 5.01 Å². The number of hydrogen-bond acceptors (Lipinski definition) is 4. The van der Waals surface area contributed by atoms with Gasteiger partial charge in [0.2, 0.25) is 0 Å². The van der Waals surface area contributed by atoms with E-state index in [9.17, 15) is 0 Å². The zero-order valence-electron chi connectivity index (χ0n) is 11.7. The molecule has 0 radical (unpaired) electrons. The lowest BCUT2D eigenvalue weighted by Gasteiger charge is -2.15. The van der Waals surface area contributed by atoms with E-state index in [0.29, 0.717) is 0 Å². The van der Waals surface area contributed by atoms with Crippen LogP contribution in [0.4, 0.5) is 5.69 Å². The van der Waals surface area contributed by atoms with E-state index in [0.717, 1.165) is 30.8 Å². The first kappa shape index (κ1) is 12.4. The number of nitrogens with zero attached hydrogens (tertiary/aromatic N) is 2. The third kappa shape index (κ3) is 1.86. The molecule has 4 rings (SSSR count). The van der Waals surface area contributed by atoms with E-state index in [1.165, 1.54) is 33.8 Å². The summed E-state index contributed by atoms with van der Waals surface area (Å²) >= 11 is 1.79. The molecule has 0 saturated carbocycles. The molecular weight excluding hydrogens is 266 g/mol. The Balaban J connectivity index is 1.75. The zero-order chi connectivity index (χ0) is 13.7. The molecule has 0 saturated heterocycles. The van der Waals surface area contributed by atoms with Crippen LogP contribution in [0, 0.1) is 0 Å². The number of likely N-dealkylation sites (N-methyl/N-ethyl adjacent to an activating group) is 1. The number of aromatic nitrogens is 1. The summed E-state index contributed by atoms with van der Waals surface area (Å²) in [5.74, 6) is 0. The molecule has 2 N–H and O–H groups in total. The molecule has 104 valence electrons. The Labute approximate surface area is 123 Å². The van der Waals surface area contributed by atoms with Gasteiger partial charge in [-0.2, -0.15) is 0 Å². The first-order chi connectivity index (χ1) is 9.72. The fraction of sp³-hybridized carbons (Fsp3) is 0.438. The topological polar surface area (TPSA) is 42.2 Å². The number of nitrogens with two attached hydrogens (primary N) is 1. The molecule has 4 heteroatoms. The van der Waals surface area contributed by atoms with E-state index in [-0.39, 0.29) is 6.04 Å². The third-order valence-electron chi connectivity index (χ3n) is 4.45. The van der Waals surface area contributed by atoms with E-state index in [4.69, 9.17) is 10.7 Å². The van der Waals surface area contributed by atoms with Crippen LogP contribution in [0.3, 0.4) is 0 Å². The van der Waals surface area contributed by atoms with Gasteiger partial charge in [0.25, 0.3) is 0 Å². The van der Waals surface area contributed by atoms with Gasteiger partial charge in [0.15, 0.2) is 0 Å². The van der Waals surface area contributed by atoms with Crippen LogP contribution in [-0.4, -0.2) is 18.6 Å². The second-order valence-corrected chi connectivity index (χ2v) is 6.87. The number of rotatable bonds is 1. The van der Waals surface area contributed by atoms with Crippen molar-refractivity contribution in [1.29, 1.82) is 0 Å². The summed E-state index contributed by atoms with van der Waals surface area (Å²) in [6.07, 6.45) is 4.51. The van der Waals surface area contributed by atoms with Crippen LogP contribution >= 0.6 is 11.3 Å². The van der Waals surface area contributed by atoms with Crippen LogP contribution in [0.25, 0.3) is 10.6 Å². The van der Waals surface area contributed by atoms with Gasteiger partial charge in [-0.3, -0.25) is 0 Å². The highest BCUT2D eigenvalue weighted by Gasteiger charge is 2.23. The van der Waals surface area contributed by atoms with Gasteiger partial charge in [0.05, 0.1) is 5.69 Å². The standard InChI is InChI=1S/C16H19N3S/c1-19-8-7-10-9-11(5-6-14(10)19)16-18-13-4-2-3-12(17)15(13)20-16/h5-6,9,12H,2-4,7-8,17H2,1H3. The van der Waals surface area contributed by atoms with Crippen LogP contribution in [0.15, 0.2) is 18.2 Å². The van der Waals surface area contributed by atoms with Gasteiger partial charge < -0.3 is 10.6 Å². The molecule has 0 spiro atoms. The maximum Gasteiger partial charge on any atom is 0.123 e. The summed E-state index contributed by atoms with van der Waals surface area (Å²) in [5, 5.41) is 1.14. The van der Waals surface area contributed by atoms with E-state index >= 15 is 0 Å². The summed E-state index contributed by atoms with van der Waals surface area (Å²) in [7, 11) is 2.16. The average molecular weight is 285 g/mol. The van der Waals surface area contributed by atoms with E-state index in [1.807, 2.05) is 0 Å². The highest BCUT2D eigenvalue weighted by Crippen LogP contribution is 2.38. The normalized spacial score (nSPS) is 20.9. The highest BCUT2D eigenvalue weighted by molar-refractivity contribution is 7.15. The molecule has 1 aromatic carbocycles. The minimum Gasteiger partial charge on any atom is -0.374 e. The van der Waals surface area contributed by atoms with Crippen molar-refractivity contribution in [3.05, 3.63) is 34.3 Å². The molecule has 0 fully saturated rings. The fourth-order valence-electron chi connectivity index (χ4n) is 3.28. The van der Waals surface area contributed by atoms with Gasteiger partial charge >= 0.3 is 0 Å². The molecule has 2 heterocycles. The quantitative estimate of drug-likeness (QED) is 0.875. The Morgan fingerprint density at radius 3 is 3.10 bits per heavy atom. The van der Waals surface area contributed by atoms with Crippen molar-refractivity contribution in [2.75, 3.05) is 18.5 Å². The summed E-state index contributed by atoms with van der Waals surface area (Å²) in [5.41, 5.74) is 11.5. The van der Waals surface area contributed by atoms with Crippen LogP contribution in [-0.2, 0) is 12.8 Å². The summed E-state index contributed by atoms with van der Waals surface area (Å²) < 4.78 is 0. The number of hydrogen-bond donors (Lipinski definition) is 1. The van der Waals surface area contributed by atoms with Gasteiger partial charge in [-0.15, -0.1) is 11.3 Å². The van der Waals surface area contributed by atoms with Gasteiger partial charge in [-0.25, -0.2) is 4.98 Å². The summed E-state index contributed by atoms with van der Waals surface area (Å²) in [4.78, 5) is 8.47. The Bertz CT molecular complexity index is 662. The van der Waals surface area contributed by atoms with Crippen molar-refractivity contribution in [2.24, 2.45) is 5.73 Å². The van der Waals surface area contributed by atoms with Crippen molar-refractivity contribution in [2.45, 2.75) is 31.7 Å². The highest BCUT2D eigenvalue weighted by atomic mass is 32.1. The average Bonchev–Trinajstić information content (AvgIpc) is 3.04. The lowest BCUT2D eigenvalue weighted by Crippen LogP contribution is -2.15. The fourth-order valence-corrected chi connectivity index (χ4v) is 4.42. The third-order valence-corrected chi connectivity index (χ3v) is 5.73. The zero-order valence-corrected chi connectivity index (χ0v) is 12.5. The van der Waals surface area contributed by atoms with Gasteiger partial charge in [0, 0.05) is 35.8 Å². The Morgan fingerprint density at radius 1 is 1.35 bits per heavy atom. The molecule has 1 aromatic heterocycles. The smallest absolute Gasteiger partial charge is 0.123 e. The molecule has 1 aliphatic carbocycles. The molecule has 0 amide bonds. The van der Waals surface area contributed by atoms with E-state index in [1.54, 1.807) is 11.3 Å². The van der Waals surface area contributed by atoms with Gasteiger partial charge in [-0.1, -0.05) is 0 Å². The first-order valence-corrected chi connectivity index (χ1v) is 8.13. The molecule has 2 aliphatic rings. The summed E-state index contributed by atoms with van der Waals surface area (Å²) in [6, 6.07) is 6.95. The second-order valence-electron chi connectivity index (χ2n) is 5.84. The number of fused-ring (bicyclic) bond motifs is 2. The monoisotopic (exact) mass is 285 g/mol. The first-order valence-electron chi connectivity index (χ1n) is 7.32. The second kappa shape index (κ2) is 4.57. The van der Waals surface area contributed by atoms with Crippen LogP contribution in [0.5, 0.6) is 0 Å². The number of benzene rings is 1. The van der Waals surface area contributed by atoms with Crippen molar-refractivity contribution in [3.63, 3.8) is 0 Å². The Hall–Kier alpha value is -1.39. The maximum atomic E-state index is 6.21. The van der Waals surface area contributed by atoms with Crippen molar-refractivity contribution < 1.29 is 0 Å². The molecule has 2 aromatic rings. The number of anilines is 1. The predicted octanol–water partition coefficient (Wildman–Crippen LogP) is 3.14. The maximum absolute atomic E-state index is 6.21. The van der Waals surface area contributed by atoms with E-state index < -0.39 is 0 Å². The predicted molar refractivity (Wildman–Crippen MR) is 84.4 cm³/mol. The Kier molecular flexibility index (Phi) is 2.82. The molecule has 20 heavy (non-hydrogen) atoms.